The number of rotatable bonds is 3. The Kier molecular flexibility index (Phi) is 2.29. The number of carbonyl (C=O) groups is 1. The lowest BCUT2D eigenvalue weighted by molar-refractivity contribution is -0.142. The molecule has 0 amide bonds. The fraction of sp³-hybridized carbons (Fsp3) is 0.462. The van der Waals surface area contributed by atoms with E-state index in [0.29, 0.717) is 0 Å². The van der Waals surface area contributed by atoms with Gasteiger partial charge in [-0.15, -0.1) is 0 Å². The van der Waals surface area contributed by atoms with Crippen molar-refractivity contribution < 1.29 is 9.90 Å². The molecule has 2 rings (SSSR count). The van der Waals surface area contributed by atoms with E-state index in [-0.39, 0.29) is 11.3 Å². The lowest BCUT2D eigenvalue weighted by Gasteiger charge is -2.20. The molecule has 1 unspecified atom stereocenters. The van der Waals surface area contributed by atoms with Crippen LogP contribution in [0.25, 0.3) is 0 Å². The van der Waals surface area contributed by atoms with E-state index in [1.54, 1.807) is 0 Å². The van der Waals surface area contributed by atoms with E-state index in [4.69, 9.17) is 5.11 Å². The zero-order valence-electron chi connectivity index (χ0n) is 9.16. The summed E-state index contributed by atoms with van der Waals surface area (Å²) in [5, 5.41) is 9.07. The van der Waals surface area contributed by atoms with E-state index in [1.807, 2.05) is 13.8 Å². The molecule has 15 heavy (non-hydrogen) atoms. The fourth-order valence-electron chi connectivity index (χ4n) is 2.23. The monoisotopic (exact) mass is 204 g/mol. The average molecular weight is 204 g/mol. The van der Waals surface area contributed by atoms with Crippen molar-refractivity contribution in [2.75, 3.05) is 0 Å². The minimum Gasteiger partial charge on any atom is -0.481 e. The maximum absolute atomic E-state index is 11.0. The Morgan fingerprint density at radius 3 is 2.27 bits per heavy atom. The first-order valence-electron chi connectivity index (χ1n) is 5.36. The molecule has 1 fully saturated rings. The minimum atomic E-state index is -0.687. The zero-order valence-corrected chi connectivity index (χ0v) is 9.16. The van der Waals surface area contributed by atoms with Gasteiger partial charge >= 0.3 is 5.97 Å². The first-order valence-corrected chi connectivity index (χ1v) is 5.36. The van der Waals surface area contributed by atoms with Crippen LogP contribution in [0.1, 0.15) is 30.9 Å². The molecular weight excluding hydrogens is 188 g/mol. The molecule has 0 saturated heterocycles. The molecule has 2 nitrogen and oxygen atoms in total. The summed E-state index contributed by atoms with van der Waals surface area (Å²) in [5.74, 6) is -0.965. The lowest BCUT2D eigenvalue weighted by atomic mass is 9.83. The van der Waals surface area contributed by atoms with Gasteiger partial charge in [-0.05, 0) is 25.3 Å². The summed E-state index contributed by atoms with van der Waals surface area (Å²) in [6.45, 7) is 3.86. The molecule has 1 atom stereocenters. The van der Waals surface area contributed by atoms with Crippen molar-refractivity contribution in [1.82, 2.24) is 0 Å². The summed E-state index contributed by atoms with van der Waals surface area (Å²) in [5.41, 5.74) is 2.32. The largest absolute Gasteiger partial charge is 0.481 e. The van der Waals surface area contributed by atoms with Gasteiger partial charge in [0.1, 0.15) is 0 Å². The van der Waals surface area contributed by atoms with Crippen molar-refractivity contribution >= 4 is 5.97 Å². The van der Waals surface area contributed by atoms with Gasteiger partial charge in [0.2, 0.25) is 0 Å². The van der Waals surface area contributed by atoms with Crippen LogP contribution in [0.4, 0.5) is 0 Å². The van der Waals surface area contributed by atoms with Crippen LogP contribution < -0.4 is 0 Å². The van der Waals surface area contributed by atoms with E-state index in [0.717, 1.165) is 12.8 Å². The third-order valence-electron chi connectivity index (χ3n) is 3.61. The summed E-state index contributed by atoms with van der Waals surface area (Å²) in [6.07, 6.45) is 2.01. The second-order valence-corrected chi connectivity index (χ2v) is 4.58. The molecule has 1 saturated carbocycles. The van der Waals surface area contributed by atoms with Crippen LogP contribution in [-0.4, -0.2) is 11.1 Å². The van der Waals surface area contributed by atoms with Gasteiger partial charge in [-0.1, -0.05) is 36.8 Å². The van der Waals surface area contributed by atoms with Crippen LogP contribution in [0.2, 0.25) is 0 Å². The van der Waals surface area contributed by atoms with Gasteiger partial charge in [0, 0.05) is 5.41 Å². The number of benzene rings is 1. The Bertz CT molecular complexity index is 374. The first kappa shape index (κ1) is 10.2. The summed E-state index contributed by atoms with van der Waals surface area (Å²) < 4.78 is 0. The molecule has 1 N–H and O–H groups in total. The highest BCUT2D eigenvalue weighted by molar-refractivity contribution is 5.73. The third-order valence-corrected chi connectivity index (χ3v) is 3.61. The number of aryl methyl sites for hydroxylation is 1. The molecule has 1 aliphatic carbocycles. The summed E-state index contributed by atoms with van der Waals surface area (Å²) >= 11 is 0. The second kappa shape index (κ2) is 3.37. The molecule has 0 bridgehead atoms. The Balaban J connectivity index is 2.30. The molecule has 1 aromatic rings. The number of aliphatic carboxylic acids is 1. The van der Waals surface area contributed by atoms with Gasteiger partial charge in [-0.25, -0.2) is 0 Å². The number of hydrogen-bond donors (Lipinski definition) is 1. The molecule has 0 spiro atoms. The summed E-state index contributed by atoms with van der Waals surface area (Å²) in [6, 6.07) is 8.26. The summed E-state index contributed by atoms with van der Waals surface area (Å²) in [7, 11) is 0. The van der Waals surface area contributed by atoms with Crippen molar-refractivity contribution in [3.8, 4) is 0 Å². The molecule has 2 heteroatoms. The van der Waals surface area contributed by atoms with E-state index >= 15 is 0 Å². The van der Waals surface area contributed by atoms with Crippen LogP contribution in [0.5, 0.6) is 0 Å². The van der Waals surface area contributed by atoms with Crippen molar-refractivity contribution in [3.05, 3.63) is 35.4 Å². The van der Waals surface area contributed by atoms with Gasteiger partial charge in [0.25, 0.3) is 0 Å². The molecule has 0 aromatic heterocycles. The molecule has 80 valence electrons. The van der Waals surface area contributed by atoms with Crippen LogP contribution >= 0.6 is 0 Å². The van der Waals surface area contributed by atoms with E-state index in [9.17, 15) is 4.79 Å². The van der Waals surface area contributed by atoms with Gasteiger partial charge in [0.15, 0.2) is 0 Å². The predicted octanol–water partition coefficient (Wildman–Crippen LogP) is 2.75. The van der Waals surface area contributed by atoms with Gasteiger partial charge < -0.3 is 5.11 Å². The van der Waals surface area contributed by atoms with Gasteiger partial charge in [-0.3, -0.25) is 4.79 Å². The minimum absolute atomic E-state index is 0.0838. The molecule has 0 aliphatic heterocycles. The quantitative estimate of drug-likeness (QED) is 0.822. The van der Waals surface area contributed by atoms with Gasteiger partial charge in [-0.2, -0.15) is 0 Å². The van der Waals surface area contributed by atoms with E-state index < -0.39 is 5.97 Å². The Morgan fingerprint density at radius 1 is 1.33 bits per heavy atom. The highest BCUT2D eigenvalue weighted by Gasteiger charge is 2.51. The normalized spacial score (nSPS) is 19.6. The van der Waals surface area contributed by atoms with E-state index in [1.165, 1.54) is 11.1 Å². The van der Waals surface area contributed by atoms with Crippen LogP contribution in [0.3, 0.4) is 0 Å². The maximum Gasteiger partial charge on any atom is 0.307 e. The molecular formula is C13H16O2. The second-order valence-electron chi connectivity index (χ2n) is 4.58. The summed E-state index contributed by atoms with van der Waals surface area (Å²) in [4.78, 5) is 11.0. The standard InChI is InChI=1S/C13H16O2/c1-9-3-5-11(6-4-9)13(7-8-13)10(2)12(14)15/h3-6,10H,7-8H2,1-2H3,(H,14,15). The Morgan fingerprint density at radius 2 is 1.87 bits per heavy atom. The van der Waals surface area contributed by atoms with Crippen molar-refractivity contribution in [3.63, 3.8) is 0 Å². The molecule has 1 aromatic carbocycles. The topological polar surface area (TPSA) is 37.3 Å². The molecule has 1 aliphatic rings. The van der Waals surface area contributed by atoms with Crippen molar-refractivity contribution in [1.29, 1.82) is 0 Å². The smallest absolute Gasteiger partial charge is 0.307 e. The lowest BCUT2D eigenvalue weighted by Crippen LogP contribution is -2.25. The Hall–Kier alpha value is -1.31. The van der Waals surface area contributed by atoms with Crippen LogP contribution in [0.15, 0.2) is 24.3 Å². The fourth-order valence-corrected chi connectivity index (χ4v) is 2.23. The average Bonchev–Trinajstić information content (AvgIpc) is 2.99. The number of hydrogen-bond acceptors (Lipinski definition) is 1. The predicted molar refractivity (Wildman–Crippen MR) is 58.9 cm³/mol. The molecule has 0 heterocycles. The third kappa shape index (κ3) is 1.65. The first-order chi connectivity index (χ1) is 7.06. The highest BCUT2D eigenvalue weighted by Crippen LogP contribution is 2.53. The molecule has 0 radical (unpaired) electrons. The zero-order chi connectivity index (χ0) is 11.1. The van der Waals surface area contributed by atoms with E-state index in [2.05, 4.69) is 24.3 Å². The number of carboxylic acid groups (broad SMARTS) is 1. The van der Waals surface area contributed by atoms with Gasteiger partial charge in [0.05, 0.1) is 5.92 Å². The maximum atomic E-state index is 11.0. The van der Waals surface area contributed by atoms with Crippen LogP contribution in [0, 0.1) is 12.8 Å². The SMILES string of the molecule is Cc1ccc(C2(C(C)C(=O)O)CC2)cc1. The number of carboxylic acids is 1. The van der Waals surface area contributed by atoms with Crippen molar-refractivity contribution in [2.24, 2.45) is 5.92 Å². The van der Waals surface area contributed by atoms with Crippen LogP contribution in [-0.2, 0) is 10.2 Å². The highest BCUT2D eigenvalue weighted by atomic mass is 16.4. The Labute approximate surface area is 89.9 Å². The van der Waals surface area contributed by atoms with Crippen molar-refractivity contribution in [2.45, 2.75) is 32.1 Å².